The molecule has 0 N–H and O–H groups in total. The zero-order chi connectivity index (χ0) is 11.5. The summed E-state index contributed by atoms with van der Waals surface area (Å²) in [5.74, 6) is -0.181. The summed E-state index contributed by atoms with van der Waals surface area (Å²) >= 11 is 3.40. The Morgan fingerprint density at radius 2 is 2.38 bits per heavy atom. The molecule has 0 radical (unpaired) electrons. The highest BCUT2D eigenvalue weighted by Gasteiger charge is 2.21. The SMILES string of the molecule is CC1COCCN1c1ccc(F)cc1CBr. The predicted molar refractivity (Wildman–Crippen MR) is 66.7 cm³/mol. The van der Waals surface area contributed by atoms with Crippen molar-refractivity contribution in [3.63, 3.8) is 0 Å². The maximum Gasteiger partial charge on any atom is 0.123 e. The van der Waals surface area contributed by atoms with E-state index in [1.54, 1.807) is 6.07 Å². The van der Waals surface area contributed by atoms with Crippen molar-refractivity contribution in [1.29, 1.82) is 0 Å². The minimum absolute atomic E-state index is 0.181. The first-order valence-corrected chi connectivity index (χ1v) is 6.53. The molecule has 1 aliphatic rings. The van der Waals surface area contributed by atoms with E-state index < -0.39 is 0 Å². The molecule has 0 aromatic heterocycles. The molecule has 1 aliphatic heterocycles. The van der Waals surface area contributed by atoms with Crippen LogP contribution in [0.25, 0.3) is 0 Å². The Hall–Kier alpha value is -0.610. The zero-order valence-electron chi connectivity index (χ0n) is 9.25. The lowest BCUT2D eigenvalue weighted by molar-refractivity contribution is 0.0989. The Balaban J connectivity index is 2.30. The van der Waals surface area contributed by atoms with E-state index in [0.29, 0.717) is 11.4 Å². The van der Waals surface area contributed by atoms with Crippen molar-refractivity contribution < 1.29 is 9.13 Å². The number of alkyl halides is 1. The highest BCUT2D eigenvalue weighted by Crippen LogP contribution is 2.26. The van der Waals surface area contributed by atoms with Gasteiger partial charge in [-0.05, 0) is 30.7 Å². The molecule has 1 heterocycles. The highest BCUT2D eigenvalue weighted by molar-refractivity contribution is 9.08. The van der Waals surface area contributed by atoms with Crippen LogP contribution in [0.4, 0.5) is 10.1 Å². The number of nitrogens with zero attached hydrogens (tertiary/aromatic N) is 1. The summed E-state index contributed by atoms with van der Waals surface area (Å²) in [6.07, 6.45) is 0. The molecule has 1 aromatic rings. The molecule has 1 fully saturated rings. The number of halogens is 2. The third-order valence-electron chi connectivity index (χ3n) is 2.86. The molecule has 0 bridgehead atoms. The standard InChI is InChI=1S/C12H15BrFNO/c1-9-8-16-5-4-15(9)12-3-2-11(14)6-10(12)7-13/h2-3,6,9H,4-5,7-8H2,1H3. The summed E-state index contributed by atoms with van der Waals surface area (Å²) in [5.41, 5.74) is 2.10. The van der Waals surface area contributed by atoms with Gasteiger partial charge < -0.3 is 9.64 Å². The van der Waals surface area contributed by atoms with Crippen LogP contribution in [-0.4, -0.2) is 25.8 Å². The van der Waals surface area contributed by atoms with E-state index in [1.807, 2.05) is 6.07 Å². The molecule has 0 amide bonds. The minimum atomic E-state index is -0.181. The summed E-state index contributed by atoms with van der Waals surface area (Å²) in [6.45, 7) is 4.47. The van der Waals surface area contributed by atoms with Gasteiger partial charge in [0.15, 0.2) is 0 Å². The van der Waals surface area contributed by atoms with Crippen LogP contribution in [0.15, 0.2) is 18.2 Å². The molecular weight excluding hydrogens is 273 g/mol. The second-order valence-electron chi connectivity index (χ2n) is 4.02. The van der Waals surface area contributed by atoms with Crippen LogP contribution in [0.3, 0.4) is 0 Å². The number of ether oxygens (including phenoxy) is 1. The Morgan fingerprint density at radius 3 is 3.06 bits per heavy atom. The van der Waals surface area contributed by atoms with Gasteiger partial charge in [0.1, 0.15) is 5.82 Å². The number of benzene rings is 1. The number of hydrogen-bond acceptors (Lipinski definition) is 2. The summed E-state index contributed by atoms with van der Waals surface area (Å²) in [5, 5.41) is 0.671. The van der Waals surface area contributed by atoms with Gasteiger partial charge in [-0.3, -0.25) is 0 Å². The molecule has 0 saturated carbocycles. The van der Waals surface area contributed by atoms with Gasteiger partial charge in [-0.25, -0.2) is 4.39 Å². The van der Waals surface area contributed by atoms with Crippen molar-refractivity contribution >= 4 is 21.6 Å². The lowest BCUT2D eigenvalue weighted by Gasteiger charge is -2.36. The molecule has 4 heteroatoms. The van der Waals surface area contributed by atoms with Crippen molar-refractivity contribution in [2.75, 3.05) is 24.7 Å². The molecule has 1 saturated heterocycles. The van der Waals surface area contributed by atoms with Crippen molar-refractivity contribution in [1.82, 2.24) is 0 Å². The maximum absolute atomic E-state index is 13.1. The smallest absolute Gasteiger partial charge is 0.123 e. The number of rotatable bonds is 2. The third-order valence-corrected chi connectivity index (χ3v) is 3.47. The summed E-state index contributed by atoms with van der Waals surface area (Å²) in [4.78, 5) is 2.28. The number of hydrogen-bond donors (Lipinski definition) is 0. The number of morpholine rings is 1. The molecule has 0 aliphatic carbocycles. The van der Waals surface area contributed by atoms with E-state index in [4.69, 9.17) is 4.74 Å². The first kappa shape index (κ1) is 11.9. The Bertz CT molecular complexity index is 372. The lowest BCUT2D eigenvalue weighted by atomic mass is 10.1. The fraction of sp³-hybridized carbons (Fsp3) is 0.500. The average molecular weight is 288 g/mol. The van der Waals surface area contributed by atoms with Crippen LogP contribution in [-0.2, 0) is 10.1 Å². The summed E-state index contributed by atoms with van der Waals surface area (Å²) in [7, 11) is 0. The Morgan fingerprint density at radius 1 is 1.56 bits per heavy atom. The fourth-order valence-corrected chi connectivity index (χ4v) is 2.48. The minimum Gasteiger partial charge on any atom is -0.377 e. The molecule has 1 unspecified atom stereocenters. The van der Waals surface area contributed by atoms with Gasteiger partial charge in [-0.1, -0.05) is 15.9 Å². The van der Waals surface area contributed by atoms with Crippen LogP contribution in [0, 0.1) is 5.82 Å². The van der Waals surface area contributed by atoms with E-state index in [2.05, 4.69) is 27.8 Å². The molecule has 0 spiro atoms. The largest absolute Gasteiger partial charge is 0.377 e. The second kappa shape index (κ2) is 5.15. The van der Waals surface area contributed by atoms with Crippen molar-refractivity contribution in [2.24, 2.45) is 0 Å². The molecule has 16 heavy (non-hydrogen) atoms. The average Bonchev–Trinajstić information content (AvgIpc) is 2.30. The van der Waals surface area contributed by atoms with Crippen LogP contribution in [0.1, 0.15) is 12.5 Å². The summed E-state index contributed by atoms with van der Waals surface area (Å²) in [6, 6.07) is 5.31. The van der Waals surface area contributed by atoms with E-state index in [0.717, 1.165) is 31.0 Å². The van der Waals surface area contributed by atoms with Crippen molar-refractivity contribution in [3.05, 3.63) is 29.6 Å². The van der Waals surface area contributed by atoms with Gasteiger partial charge in [0.2, 0.25) is 0 Å². The monoisotopic (exact) mass is 287 g/mol. The van der Waals surface area contributed by atoms with Gasteiger partial charge in [0, 0.05) is 23.6 Å². The first-order chi connectivity index (χ1) is 7.72. The molecule has 2 nitrogen and oxygen atoms in total. The molecule has 2 rings (SSSR count). The zero-order valence-corrected chi connectivity index (χ0v) is 10.8. The maximum atomic E-state index is 13.1. The van der Waals surface area contributed by atoms with Crippen LogP contribution >= 0.6 is 15.9 Å². The van der Waals surface area contributed by atoms with Gasteiger partial charge in [0.05, 0.1) is 13.2 Å². The Labute approximate surface area is 104 Å². The van der Waals surface area contributed by atoms with E-state index in [-0.39, 0.29) is 5.82 Å². The molecule has 88 valence electrons. The van der Waals surface area contributed by atoms with Crippen molar-refractivity contribution in [3.8, 4) is 0 Å². The number of anilines is 1. The van der Waals surface area contributed by atoms with Gasteiger partial charge in [-0.15, -0.1) is 0 Å². The molecular formula is C12H15BrFNO. The van der Waals surface area contributed by atoms with E-state index >= 15 is 0 Å². The third kappa shape index (κ3) is 2.38. The van der Waals surface area contributed by atoms with Gasteiger partial charge in [-0.2, -0.15) is 0 Å². The van der Waals surface area contributed by atoms with E-state index in [9.17, 15) is 4.39 Å². The Kier molecular flexibility index (Phi) is 3.82. The molecule has 1 aromatic carbocycles. The van der Waals surface area contributed by atoms with Crippen LogP contribution in [0.5, 0.6) is 0 Å². The lowest BCUT2D eigenvalue weighted by Crippen LogP contribution is -2.44. The summed E-state index contributed by atoms with van der Waals surface area (Å²) < 4.78 is 18.5. The van der Waals surface area contributed by atoms with E-state index in [1.165, 1.54) is 6.07 Å². The van der Waals surface area contributed by atoms with Gasteiger partial charge in [0.25, 0.3) is 0 Å². The predicted octanol–water partition coefficient (Wildman–Crippen LogP) is 2.95. The fourth-order valence-electron chi connectivity index (χ4n) is 2.03. The highest BCUT2D eigenvalue weighted by atomic mass is 79.9. The second-order valence-corrected chi connectivity index (χ2v) is 4.58. The first-order valence-electron chi connectivity index (χ1n) is 5.41. The normalized spacial score (nSPS) is 21.2. The molecule has 1 atom stereocenters. The van der Waals surface area contributed by atoms with Gasteiger partial charge >= 0.3 is 0 Å². The topological polar surface area (TPSA) is 12.5 Å². The van der Waals surface area contributed by atoms with Crippen LogP contribution < -0.4 is 4.90 Å². The van der Waals surface area contributed by atoms with Crippen molar-refractivity contribution in [2.45, 2.75) is 18.3 Å². The quantitative estimate of drug-likeness (QED) is 0.776. The van der Waals surface area contributed by atoms with Crippen LogP contribution in [0.2, 0.25) is 0 Å².